The van der Waals surface area contributed by atoms with E-state index in [1.165, 1.54) is 0 Å². The van der Waals surface area contributed by atoms with Crippen molar-refractivity contribution in [3.05, 3.63) is 95.6 Å². The van der Waals surface area contributed by atoms with Crippen molar-refractivity contribution in [2.24, 2.45) is 0 Å². The first-order valence-corrected chi connectivity index (χ1v) is 8.03. The summed E-state index contributed by atoms with van der Waals surface area (Å²) in [5.41, 5.74) is 4.18. The van der Waals surface area contributed by atoms with Gasteiger partial charge in [-0.25, -0.2) is 0 Å². The second kappa shape index (κ2) is 8.18. The topological polar surface area (TPSA) is 41.5 Å². The summed E-state index contributed by atoms with van der Waals surface area (Å²) in [6.07, 6.45) is 0. The molecule has 3 aromatic carbocycles. The number of benzene rings is 3. The third kappa shape index (κ3) is 4.37. The maximum absolute atomic E-state index is 9.35. The van der Waals surface area contributed by atoms with Gasteiger partial charge in [-0.15, -0.1) is 0 Å². The second-order valence-electron chi connectivity index (χ2n) is 5.59. The first-order valence-electron chi connectivity index (χ1n) is 8.03. The van der Waals surface area contributed by atoms with Crippen LogP contribution in [0.4, 0.5) is 5.69 Å². The Balaban J connectivity index is 1.54. The van der Waals surface area contributed by atoms with Gasteiger partial charge < -0.3 is 15.2 Å². The van der Waals surface area contributed by atoms with Crippen LogP contribution in [0.3, 0.4) is 0 Å². The molecule has 3 nitrogen and oxygen atoms in total. The predicted molar refractivity (Wildman–Crippen MR) is 96.9 cm³/mol. The minimum atomic E-state index is 0.0371. The molecule has 0 spiro atoms. The number of para-hydroxylation sites is 1. The Kier molecular flexibility index (Phi) is 5.48. The van der Waals surface area contributed by atoms with Gasteiger partial charge in [0.05, 0.1) is 6.61 Å². The Morgan fingerprint density at radius 2 is 1.46 bits per heavy atom. The van der Waals surface area contributed by atoms with E-state index < -0.39 is 0 Å². The average molecular weight is 319 g/mol. The highest BCUT2D eigenvalue weighted by atomic mass is 16.5. The molecule has 0 aliphatic heterocycles. The van der Waals surface area contributed by atoms with E-state index in [2.05, 4.69) is 29.6 Å². The van der Waals surface area contributed by atoms with Crippen molar-refractivity contribution in [1.29, 1.82) is 0 Å². The van der Waals surface area contributed by atoms with Gasteiger partial charge in [0.15, 0.2) is 0 Å². The van der Waals surface area contributed by atoms with E-state index in [1.807, 2.05) is 54.6 Å². The lowest BCUT2D eigenvalue weighted by molar-refractivity contribution is 0.282. The highest BCUT2D eigenvalue weighted by Gasteiger charge is 2.01. The van der Waals surface area contributed by atoms with Gasteiger partial charge in [0, 0.05) is 17.8 Å². The van der Waals surface area contributed by atoms with Crippen molar-refractivity contribution in [2.75, 3.05) is 5.32 Å². The molecule has 3 aromatic rings. The van der Waals surface area contributed by atoms with Gasteiger partial charge in [-0.3, -0.25) is 0 Å². The number of nitrogens with one attached hydrogen (secondary N) is 1. The molecule has 0 fully saturated rings. The molecule has 122 valence electrons. The normalized spacial score (nSPS) is 10.4. The molecule has 24 heavy (non-hydrogen) atoms. The smallest absolute Gasteiger partial charge is 0.119 e. The zero-order valence-corrected chi connectivity index (χ0v) is 13.5. The molecule has 0 aromatic heterocycles. The summed E-state index contributed by atoms with van der Waals surface area (Å²) in [5, 5.41) is 12.7. The predicted octanol–water partition coefficient (Wildman–Crippen LogP) is 4.37. The van der Waals surface area contributed by atoms with Crippen LogP contribution in [-0.2, 0) is 19.8 Å². The van der Waals surface area contributed by atoms with Crippen LogP contribution >= 0.6 is 0 Å². The van der Waals surface area contributed by atoms with Gasteiger partial charge >= 0.3 is 0 Å². The zero-order valence-electron chi connectivity index (χ0n) is 13.5. The summed E-state index contributed by atoms with van der Waals surface area (Å²) in [6.45, 7) is 1.31. The fourth-order valence-corrected chi connectivity index (χ4v) is 2.47. The Bertz CT molecular complexity index is 754. The van der Waals surface area contributed by atoms with Crippen LogP contribution in [0.15, 0.2) is 78.9 Å². The highest BCUT2D eigenvalue weighted by molar-refractivity contribution is 5.51. The van der Waals surface area contributed by atoms with Crippen molar-refractivity contribution < 1.29 is 9.84 Å². The van der Waals surface area contributed by atoms with Gasteiger partial charge in [0.1, 0.15) is 12.4 Å². The van der Waals surface area contributed by atoms with Crippen LogP contribution in [0, 0.1) is 0 Å². The van der Waals surface area contributed by atoms with Crippen molar-refractivity contribution in [2.45, 2.75) is 19.8 Å². The van der Waals surface area contributed by atoms with Crippen molar-refractivity contribution >= 4 is 5.69 Å². The first kappa shape index (κ1) is 16.1. The van der Waals surface area contributed by atoms with Gasteiger partial charge in [-0.05, 0) is 29.3 Å². The molecule has 0 saturated heterocycles. The lowest BCUT2D eigenvalue weighted by Gasteiger charge is -2.11. The minimum absolute atomic E-state index is 0.0371. The standard InChI is InChI=1S/C21H21NO2/c23-15-19-8-4-5-9-21(19)22-14-17-10-12-20(13-11-17)24-16-18-6-2-1-3-7-18/h1-13,22-23H,14-16H2. The largest absolute Gasteiger partial charge is 0.489 e. The molecular weight excluding hydrogens is 298 g/mol. The Hall–Kier alpha value is -2.78. The van der Waals surface area contributed by atoms with E-state index in [0.29, 0.717) is 13.2 Å². The molecule has 0 aliphatic rings. The molecule has 0 aliphatic carbocycles. The Morgan fingerprint density at radius 3 is 2.21 bits per heavy atom. The van der Waals surface area contributed by atoms with Crippen LogP contribution in [0.5, 0.6) is 5.75 Å². The molecule has 3 heteroatoms. The molecule has 0 amide bonds. The number of hydrogen-bond donors (Lipinski definition) is 2. The van der Waals surface area contributed by atoms with Crippen LogP contribution in [-0.4, -0.2) is 5.11 Å². The maximum Gasteiger partial charge on any atom is 0.119 e. The third-order valence-electron chi connectivity index (χ3n) is 3.84. The monoisotopic (exact) mass is 319 g/mol. The fraction of sp³-hybridized carbons (Fsp3) is 0.143. The van der Waals surface area contributed by atoms with Crippen molar-refractivity contribution in [3.63, 3.8) is 0 Å². The van der Waals surface area contributed by atoms with Crippen molar-refractivity contribution in [3.8, 4) is 5.75 Å². The quantitative estimate of drug-likeness (QED) is 0.679. The number of aliphatic hydroxyl groups is 1. The van der Waals surface area contributed by atoms with Gasteiger partial charge in [0.25, 0.3) is 0 Å². The van der Waals surface area contributed by atoms with Gasteiger partial charge in [-0.2, -0.15) is 0 Å². The first-order chi connectivity index (χ1) is 11.8. The van der Waals surface area contributed by atoms with Crippen LogP contribution in [0.1, 0.15) is 16.7 Å². The lowest BCUT2D eigenvalue weighted by Crippen LogP contribution is -2.02. The SMILES string of the molecule is OCc1ccccc1NCc1ccc(OCc2ccccc2)cc1. The van der Waals surface area contributed by atoms with E-state index in [0.717, 1.165) is 28.1 Å². The summed E-state index contributed by atoms with van der Waals surface area (Å²) >= 11 is 0. The molecule has 0 unspecified atom stereocenters. The van der Waals surface area contributed by atoms with E-state index in [9.17, 15) is 5.11 Å². The van der Waals surface area contributed by atoms with Gasteiger partial charge in [0.2, 0.25) is 0 Å². The fourth-order valence-electron chi connectivity index (χ4n) is 2.47. The molecule has 0 radical (unpaired) electrons. The van der Waals surface area contributed by atoms with E-state index >= 15 is 0 Å². The third-order valence-corrected chi connectivity index (χ3v) is 3.84. The minimum Gasteiger partial charge on any atom is -0.489 e. The van der Waals surface area contributed by atoms with E-state index in [-0.39, 0.29) is 6.61 Å². The number of hydrogen-bond acceptors (Lipinski definition) is 3. The molecule has 0 saturated carbocycles. The van der Waals surface area contributed by atoms with Crippen molar-refractivity contribution in [1.82, 2.24) is 0 Å². The molecule has 0 bridgehead atoms. The number of anilines is 1. The average Bonchev–Trinajstić information content (AvgIpc) is 2.66. The summed E-state index contributed by atoms with van der Waals surface area (Å²) in [4.78, 5) is 0. The number of rotatable bonds is 7. The number of ether oxygens (including phenoxy) is 1. The molecule has 0 atom stereocenters. The molecule has 2 N–H and O–H groups in total. The lowest BCUT2D eigenvalue weighted by atomic mass is 10.1. The molecular formula is C21H21NO2. The molecule has 3 rings (SSSR count). The zero-order chi connectivity index (χ0) is 16.6. The summed E-state index contributed by atoms with van der Waals surface area (Å²) in [5.74, 6) is 0.860. The van der Waals surface area contributed by atoms with Crippen LogP contribution in [0.2, 0.25) is 0 Å². The van der Waals surface area contributed by atoms with E-state index in [1.54, 1.807) is 0 Å². The summed E-state index contributed by atoms with van der Waals surface area (Å²) in [7, 11) is 0. The number of aliphatic hydroxyl groups excluding tert-OH is 1. The molecule has 0 heterocycles. The summed E-state index contributed by atoms with van der Waals surface area (Å²) in [6, 6.07) is 26.0. The summed E-state index contributed by atoms with van der Waals surface area (Å²) < 4.78 is 5.79. The van der Waals surface area contributed by atoms with Gasteiger partial charge in [-0.1, -0.05) is 60.7 Å². The second-order valence-corrected chi connectivity index (χ2v) is 5.59. The highest BCUT2D eigenvalue weighted by Crippen LogP contribution is 2.18. The Morgan fingerprint density at radius 1 is 0.750 bits per heavy atom. The Labute approximate surface area is 142 Å². The van der Waals surface area contributed by atoms with Crippen LogP contribution in [0.25, 0.3) is 0 Å². The van der Waals surface area contributed by atoms with E-state index in [4.69, 9.17) is 4.74 Å². The maximum atomic E-state index is 9.35. The van der Waals surface area contributed by atoms with Crippen LogP contribution < -0.4 is 10.1 Å².